The normalized spacial score (nSPS) is 15.1. The maximum atomic E-state index is 12.8. The first-order valence-corrected chi connectivity index (χ1v) is 9.35. The van der Waals surface area contributed by atoms with E-state index in [2.05, 4.69) is 15.2 Å². The van der Waals surface area contributed by atoms with Crippen LogP contribution in [0.2, 0.25) is 0 Å². The molecule has 29 heavy (non-hydrogen) atoms. The molecule has 1 amide bonds. The molecule has 156 valence electrons. The number of carbonyl (C=O) groups is 1. The fourth-order valence-electron chi connectivity index (χ4n) is 3.56. The van der Waals surface area contributed by atoms with Gasteiger partial charge in [-0.15, -0.1) is 0 Å². The van der Waals surface area contributed by atoms with Gasteiger partial charge in [0, 0.05) is 44.6 Å². The Labute approximate surface area is 167 Å². The smallest absolute Gasteiger partial charge is 0.417 e. The topological polar surface area (TPSA) is 54.5 Å². The van der Waals surface area contributed by atoms with Crippen molar-refractivity contribution in [3.63, 3.8) is 0 Å². The van der Waals surface area contributed by atoms with Crippen molar-refractivity contribution in [3.8, 4) is 5.75 Å². The summed E-state index contributed by atoms with van der Waals surface area (Å²) in [6.45, 7) is 6.06. The fourth-order valence-corrected chi connectivity index (χ4v) is 3.56. The highest BCUT2D eigenvalue weighted by molar-refractivity contribution is 5.79. The number of amides is 1. The molecule has 0 unspecified atom stereocenters. The maximum absolute atomic E-state index is 12.8. The van der Waals surface area contributed by atoms with Crippen LogP contribution in [-0.2, 0) is 24.1 Å². The summed E-state index contributed by atoms with van der Waals surface area (Å²) in [5.41, 5.74) is 2.53. The van der Waals surface area contributed by atoms with Gasteiger partial charge >= 0.3 is 6.18 Å². The average molecular weight is 407 g/mol. The molecular weight excluding hydrogens is 383 g/mol. The number of nitrogens with zero attached hydrogens (tertiary/aromatic N) is 2. The number of likely N-dealkylation sites (tertiary alicyclic amines) is 1. The monoisotopic (exact) mass is 407 g/mol. The molecule has 0 spiro atoms. The van der Waals surface area contributed by atoms with E-state index in [1.165, 1.54) is 6.20 Å². The van der Waals surface area contributed by atoms with E-state index in [9.17, 15) is 18.0 Å². The third-order valence-corrected chi connectivity index (χ3v) is 5.01. The van der Waals surface area contributed by atoms with Gasteiger partial charge in [-0.25, -0.2) is 0 Å². The molecular formula is C21H24F3N3O2. The second kappa shape index (κ2) is 8.41. The molecule has 0 radical (unpaired) electrons. The molecule has 0 saturated carbocycles. The first-order chi connectivity index (χ1) is 13.7. The van der Waals surface area contributed by atoms with Crippen LogP contribution in [0.1, 0.15) is 27.8 Å². The molecule has 3 rings (SSSR count). The van der Waals surface area contributed by atoms with Crippen LogP contribution >= 0.6 is 0 Å². The number of ether oxygens (including phenoxy) is 1. The van der Waals surface area contributed by atoms with Crippen molar-refractivity contribution in [1.29, 1.82) is 0 Å². The van der Waals surface area contributed by atoms with Crippen LogP contribution in [0.3, 0.4) is 0 Å². The number of halogens is 3. The molecule has 1 aromatic heterocycles. The van der Waals surface area contributed by atoms with Gasteiger partial charge in [0.05, 0.1) is 11.5 Å². The number of hydrogen-bond acceptors (Lipinski definition) is 4. The van der Waals surface area contributed by atoms with E-state index in [1.54, 1.807) is 7.05 Å². The molecule has 8 heteroatoms. The summed E-state index contributed by atoms with van der Waals surface area (Å²) in [5.74, 6) is 0.783. The molecule has 1 saturated heterocycles. The summed E-state index contributed by atoms with van der Waals surface area (Å²) < 4.78 is 44.3. The zero-order valence-corrected chi connectivity index (χ0v) is 16.6. The van der Waals surface area contributed by atoms with E-state index >= 15 is 0 Å². The molecule has 1 fully saturated rings. The second-order valence-electron chi connectivity index (χ2n) is 7.43. The minimum atomic E-state index is -4.43. The third kappa shape index (κ3) is 5.06. The highest BCUT2D eigenvalue weighted by Gasteiger charge is 2.32. The van der Waals surface area contributed by atoms with E-state index in [-0.39, 0.29) is 18.4 Å². The molecule has 0 aliphatic carbocycles. The molecule has 5 nitrogen and oxygen atoms in total. The molecule has 1 aliphatic rings. The highest BCUT2D eigenvalue weighted by Crippen LogP contribution is 2.30. The molecule has 0 bridgehead atoms. The number of hydrogen-bond donors (Lipinski definition) is 1. The van der Waals surface area contributed by atoms with E-state index in [0.29, 0.717) is 11.3 Å². The van der Waals surface area contributed by atoms with E-state index in [4.69, 9.17) is 4.74 Å². The Balaban J connectivity index is 1.62. The van der Waals surface area contributed by atoms with Gasteiger partial charge in [0.25, 0.3) is 0 Å². The van der Waals surface area contributed by atoms with E-state index < -0.39 is 11.7 Å². The molecule has 1 aliphatic heterocycles. The summed E-state index contributed by atoms with van der Waals surface area (Å²) in [7, 11) is 1.64. The van der Waals surface area contributed by atoms with Crippen LogP contribution < -0.4 is 10.1 Å². The Morgan fingerprint density at radius 1 is 1.17 bits per heavy atom. The lowest BCUT2D eigenvalue weighted by molar-refractivity contribution is -0.138. The van der Waals surface area contributed by atoms with E-state index in [0.717, 1.165) is 48.6 Å². The van der Waals surface area contributed by atoms with Gasteiger partial charge in [-0.3, -0.25) is 14.7 Å². The SMILES string of the molecule is CNC(=O)C1CN(Cc2cc(C)c(OCc3cncc(C(F)(F)F)c3)c(C)c2)C1. The lowest BCUT2D eigenvalue weighted by atomic mass is 9.97. The van der Waals surface area contributed by atoms with Gasteiger partial charge in [-0.1, -0.05) is 12.1 Å². The maximum Gasteiger partial charge on any atom is 0.417 e. The van der Waals surface area contributed by atoms with Crippen molar-refractivity contribution in [2.45, 2.75) is 33.2 Å². The number of carbonyl (C=O) groups excluding carboxylic acids is 1. The van der Waals surface area contributed by atoms with Crippen LogP contribution in [0.5, 0.6) is 5.75 Å². The van der Waals surface area contributed by atoms with Gasteiger partial charge in [0.1, 0.15) is 12.4 Å². The minimum absolute atomic E-state index is 0.0118. The van der Waals surface area contributed by atoms with Crippen molar-refractivity contribution in [1.82, 2.24) is 15.2 Å². The number of aromatic nitrogens is 1. The number of benzene rings is 1. The van der Waals surface area contributed by atoms with Gasteiger partial charge < -0.3 is 10.1 Å². The van der Waals surface area contributed by atoms with E-state index in [1.807, 2.05) is 26.0 Å². The average Bonchev–Trinajstić information content (AvgIpc) is 2.62. The Bertz CT molecular complexity index is 870. The van der Waals surface area contributed by atoms with Crippen molar-refractivity contribution in [2.75, 3.05) is 20.1 Å². The highest BCUT2D eigenvalue weighted by atomic mass is 19.4. The lowest BCUT2D eigenvalue weighted by Crippen LogP contribution is -2.52. The van der Waals surface area contributed by atoms with Crippen molar-refractivity contribution < 1.29 is 22.7 Å². The van der Waals surface area contributed by atoms with Crippen LogP contribution in [-0.4, -0.2) is 35.9 Å². The third-order valence-electron chi connectivity index (χ3n) is 5.01. The van der Waals surface area contributed by atoms with Gasteiger partial charge in [0.15, 0.2) is 0 Å². The van der Waals surface area contributed by atoms with Crippen molar-refractivity contribution in [3.05, 3.63) is 58.4 Å². The Morgan fingerprint density at radius 3 is 2.41 bits per heavy atom. The van der Waals surface area contributed by atoms with Crippen molar-refractivity contribution in [2.24, 2.45) is 5.92 Å². The predicted octanol–water partition coefficient (Wildman–Crippen LogP) is 3.47. The number of pyridine rings is 1. The van der Waals surface area contributed by atoms with Crippen LogP contribution in [0.25, 0.3) is 0 Å². The summed E-state index contributed by atoms with van der Waals surface area (Å²) in [4.78, 5) is 17.4. The number of aryl methyl sites for hydroxylation is 2. The number of alkyl halides is 3. The Morgan fingerprint density at radius 2 is 1.83 bits per heavy atom. The first kappa shape index (κ1) is 21.1. The Hall–Kier alpha value is -2.61. The molecule has 1 N–H and O–H groups in total. The van der Waals surface area contributed by atoms with Crippen LogP contribution in [0.4, 0.5) is 13.2 Å². The molecule has 0 atom stereocenters. The predicted molar refractivity (Wildman–Crippen MR) is 102 cm³/mol. The number of nitrogens with one attached hydrogen (secondary N) is 1. The lowest BCUT2D eigenvalue weighted by Gasteiger charge is -2.38. The van der Waals surface area contributed by atoms with Crippen LogP contribution in [0, 0.1) is 19.8 Å². The number of rotatable bonds is 6. The van der Waals surface area contributed by atoms with Gasteiger partial charge in [-0.2, -0.15) is 13.2 Å². The Kier molecular flexibility index (Phi) is 6.12. The summed E-state index contributed by atoms with van der Waals surface area (Å²) in [6, 6.07) is 5.08. The largest absolute Gasteiger partial charge is 0.488 e. The van der Waals surface area contributed by atoms with Crippen LogP contribution in [0.15, 0.2) is 30.6 Å². The fraction of sp³-hybridized carbons (Fsp3) is 0.429. The summed E-state index contributed by atoms with van der Waals surface area (Å²) in [6.07, 6.45) is -2.25. The molecule has 1 aromatic carbocycles. The van der Waals surface area contributed by atoms with Gasteiger partial charge in [-0.05, 0) is 36.6 Å². The first-order valence-electron chi connectivity index (χ1n) is 9.35. The second-order valence-corrected chi connectivity index (χ2v) is 7.43. The summed E-state index contributed by atoms with van der Waals surface area (Å²) >= 11 is 0. The summed E-state index contributed by atoms with van der Waals surface area (Å²) in [5, 5.41) is 2.67. The quantitative estimate of drug-likeness (QED) is 0.797. The minimum Gasteiger partial charge on any atom is -0.488 e. The zero-order valence-electron chi connectivity index (χ0n) is 16.6. The van der Waals surface area contributed by atoms with Crippen molar-refractivity contribution >= 4 is 5.91 Å². The zero-order chi connectivity index (χ0) is 21.2. The standard InChI is InChI=1S/C21H24F3N3O2/c1-13-4-15(9-27-10-17(11-27)20(28)25-3)5-14(2)19(13)29-12-16-6-18(8-26-7-16)21(22,23)24/h4-8,17H,9-12H2,1-3H3,(H,25,28). The molecule has 2 heterocycles. The van der Waals surface area contributed by atoms with Gasteiger partial charge in [0.2, 0.25) is 5.91 Å². The molecule has 2 aromatic rings.